The van der Waals surface area contributed by atoms with Gasteiger partial charge in [-0.1, -0.05) is 0 Å². The van der Waals surface area contributed by atoms with Crippen LogP contribution >= 0.6 is 0 Å². The van der Waals surface area contributed by atoms with Gasteiger partial charge in [-0.2, -0.15) is 0 Å². The number of hydrogen-bond acceptors (Lipinski definition) is 2. The fourth-order valence-corrected chi connectivity index (χ4v) is 0.816. The molecule has 0 unspecified atom stereocenters. The maximum Gasteiger partial charge on any atom is 0.157 e. The molecule has 1 aliphatic rings. The van der Waals surface area contributed by atoms with Gasteiger partial charge >= 0.3 is 0 Å². The van der Waals surface area contributed by atoms with Crippen LogP contribution in [0.1, 0.15) is 6.42 Å². The third-order valence-corrected chi connectivity index (χ3v) is 1.31. The van der Waals surface area contributed by atoms with Crippen LogP contribution in [0.15, 0.2) is 0 Å². The number of ether oxygens (including phenoxy) is 2. The molecular weight excluding hydrogens is 104 g/mol. The van der Waals surface area contributed by atoms with Gasteiger partial charge in [0.15, 0.2) is 6.29 Å². The van der Waals surface area contributed by atoms with E-state index >= 15 is 0 Å². The van der Waals surface area contributed by atoms with Crippen molar-refractivity contribution in [3.8, 4) is 0 Å². The molecule has 1 rings (SSSR count). The molecule has 2 atom stereocenters. The third-order valence-electron chi connectivity index (χ3n) is 1.31. The van der Waals surface area contributed by atoms with E-state index in [2.05, 4.69) is 6.92 Å². The predicted octanol–water partition coefficient (Wildman–Crippen LogP) is 0.829. The van der Waals surface area contributed by atoms with E-state index in [0.29, 0.717) is 5.92 Å². The van der Waals surface area contributed by atoms with Crippen LogP contribution in [0.2, 0.25) is 0 Å². The lowest BCUT2D eigenvalue weighted by molar-refractivity contribution is -0.0880. The summed E-state index contributed by atoms with van der Waals surface area (Å²) in [7, 11) is 1.66. The van der Waals surface area contributed by atoms with Gasteiger partial charge in [0.05, 0.1) is 6.61 Å². The van der Waals surface area contributed by atoms with E-state index in [9.17, 15) is 0 Å². The first-order valence-corrected chi connectivity index (χ1v) is 2.80. The van der Waals surface area contributed by atoms with E-state index in [4.69, 9.17) is 9.47 Å². The first kappa shape index (κ1) is 6.05. The van der Waals surface area contributed by atoms with Crippen molar-refractivity contribution >= 4 is 0 Å². The zero-order valence-corrected chi connectivity index (χ0v) is 5.09. The maximum atomic E-state index is 5.13. The molecular formula is C6H11O2. The Balaban J connectivity index is 2.22. The lowest BCUT2D eigenvalue weighted by Gasteiger charge is -2.03. The lowest BCUT2D eigenvalue weighted by Crippen LogP contribution is -2.06. The fourth-order valence-electron chi connectivity index (χ4n) is 0.816. The van der Waals surface area contributed by atoms with Gasteiger partial charge in [0.25, 0.3) is 0 Å². The highest BCUT2D eigenvalue weighted by Crippen LogP contribution is 2.17. The molecule has 0 amide bonds. The van der Waals surface area contributed by atoms with Gasteiger partial charge in [-0.25, -0.2) is 0 Å². The fraction of sp³-hybridized carbons (Fsp3) is 0.833. The second kappa shape index (κ2) is 2.46. The van der Waals surface area contributed by atoms with E-state index in [-0.39, 0.29) is 6.29 Å². The minimum atomic E-state index is 0.0116. The highest BCUT2D eigenvalue weighted by molar-refractivity contribution is 4.68. The van der Waals surface area contributed by atoms with Gasteiger partial charge in [-0.3, -0.25) is 0 Å². The highest BCUT2D eigenvalue weighted by atomic mass is 16.7. The minimum Gasteiger partial charge on any atom is -0.356 e. The Morgan fingerprint density at radius 1 is 1.75 bits per heavy atom. The first-order valence-electron chi connectivity index (χ1n) is 2.80. The first-order chi connectivity index (χ1) is 3.83. The van der Waals surface area contributed by atoms with Crippen LogP contribution in [0, 0.1) is 12.8 Å². The predicted molar refractivity (Wildman–Crippen MR) is 30.2 cm³/mol. The molecule has 1 saturated heterocycles. The largest absolute Gasteiger partial charge is 0.356 e. The van der Waals surface area contributed by atoms with E-state index in [1.54, 1.807) is 7.11 Å². The lowest BCUT2D eigenvalue weighted by atomic mass is 10.1. The molecule has 0 spiro atoms. The summed E-state index contributed by atoms with van der Waals surface area (Å²) in [6, 6.07) is 0. The average molecular weight is 115 g/mol. The van der Waals surface area contributed by atoms with Crippen LogP contribution in [0.25, 0.3) is 0 Å². The van der Waals surface area contributed by atoms with E-state index in [0.717, 1.165) is 13.0 Å². The molecule has 0 saturated carbocycles. The standard InChI is InChI=1S/C6H11O2/c1-5-3-6(7-2)8-4-5/h5-6H,1,3-4H2,2H3/t5-,6-/m1/s1. The molecule has 0 aromatic carbocycles. The molecule has 0 bridgehead atoms. The quantitative estimate of drug-likeness (QED) is 0.504. The summed E-state index contributed by atoms with van der Waals surface area (Å²) in [4.78, 5) is 0. The SMILES string of the molecule is [CH2][C@H]1CO[C@@H](OC)C1. The summed E-state index contributed by atoms with van der Waals surface area (Å²) in [5.41, 5.74) is 0. The Hall–Kier alpha value is -0.0800. The second-order valence-electron chi connectivity index (χ2n) is 2.10. The maximum absolute atomic E-state index is 5.13. The second-order valence-corrected chi connectivity index (χ2v) is 2.10. The van der Waals surface area contributed by atoms with Gasteiger partial charge < -0.3 is 9.47 Å². The average Bonchev–Trinajstić information content (AvgIpc) is 2.14. The van der Waals surface area contributed by atoms with Crippen molar-refractivity contribution in [1.82, 2.24) is 0 Å². The molecule has 1 heterocycles. The molecule has 0 N–H and O–H groups in total. The van der Waals surface area contributed by atoms with Crippen molar-refractivity contribution in [2.24, 2.45) is 5.92 Å². The Morgan fingerprint density at radius 2 is 2.50 bits per heavy atom. The van der Waals surface area contributed by atoms with Crippen LogP contribution in [-0.2, 0) is 9.47 Å². The Bertz CT molecular complexity index is 72.9. The van der Waals surface area contributed by atoms with E-state index < -0.39 is 0 Å². The van der Waals surface area contributed by atoms with Crippen molar-refractivity contribution in [1.29, 1.82) is 0 Å². The summed E-state index contributed by atoms with van der Waals surface area (Å²) >= 11 is 0. The van der Waals surface area contributed by atoms with Gasteiger partial charge in [0.2, 0.25) is 0 Å². The summed E-state index contributed by atoms with van der Waals surface area (Å²) in [6.45, 7) is 4.58. The molecule has 1 fully saturated rings. The van der Waals surface area contributed by atoms with Crippen molar-refractivity contribution < 1.29 is 9.47 Å². The van der Waals surface area contributed by atoms with Crippen molar-refractivity contribution in [2.45, 2.75) is 12.7 Å². The topological polar surface area (TPSA) is 18.5 Å². The molecule has 0 aromatic heterocycles. The molecule has 1 aliphatic heterocycles. The van der Waals surface area contributed by atoms with Gasteiger partial charge in [-0.15, -0.1) is 0 Å². The third kappa shape index (κ3) is 1.20. The zero-order valence-electron chi connectivity index (χ0n) is 5.09. The highest BCUT2D eigenvalue weighted by Gasteiger charge is 2.20. The van der Waals surface area contributed by atoms with Crippen LogP contribution in [0.5, 0.6) is 0 Å². The van der Waals surface area contributed by atoms with Gasteiger partial charge in [0.1, 0.15) is 0 Å². The Labute approximate surface area is 49.8 Å². The summed E-state index contributed by atoms with van der Waals surface area (Å²) in [6.07, 6.45) is 0.953. The molecule has 1 radical (unpaired) electrons. The normalized spacial score (nSPS) is 38.2. The van der Waals surface area contributed by atoms with Crippen molar-refractivity contribution in [3.63, 3.8) is 0 Å². The van der Waals surface area contributed by atoms with Gasteiger partial charge in [-0.05, 0) is 12.8 Å². The monoisotopic (exact) mass is 115 g/mol. The van der Waals surface area contributed by atoms with E-state index in [1.807, 2.05) is 0 Å². The Kier molecular flexibility index (Phi) is 1.86. The van der Waals surface area contributed by atoms with Crippen molar-refractivity contribution in [3.05, 3.63) is 6.92 Å². The number of hydrogen-bond donors (Lipinski definition) is 0. The van der Waals surface area contributed by atoms with Crippen LogP contribution in [0.4, 0.5) is 0 Å². The number of methoxy groups -OCH3 is 1. The molecule has 2 heteroatoms. The summed E-state index contributed by atoms with van der Waals surface area (Å²) in [5.74, 6) is 0.431. The van der Waals surface area contributed by atoms with E-state index in [1.165, 1.54) is 0 Å². The molecule has 0 aliphatic carbocycles. The van der Waals surface area contributed by atoms with Gasteiger partial charge in [0, 0.05) is 13.5 Å². The molecule has 2 nitrogen and oxygen atoms in total. The Morgan fingerprint density at radius 3 is 2.75 bits per heavy atom. The number of rotatable bonds is 1. The zero-order chi connectivity index (χ0) is 5.98. The van der Waals surface area contributed by atoms with Crippen LogP contribution in [0.3, 0.4) is 0 Å². The molecule has 0 aromatic rings. The smallest absolute Gasteiger partial charge is 0.157 e. The molecule has 8 heavy (non-hydrogen) atoms. The van der Waals surface area contributed by atoms with Crippen LogP contribution < -0.4 is 0 Å². The summed E-state index contributed by atoms with van der Waals surface area (Å²) < 4.78 is 10.0. The minimum absolute atomic E-state index is 0.0116. The molecule has 47 valence electrons. The summed E-state index contributed by atoms with van der Waals surface area (Å²) in [5, 5.41) is 0. The van der Waals surface area contributed by atoms with Crippen molar-refractivity contribution in [2.75, 3.05) is 13.7 Å². The van der Waals surface area contributed by atoms with Crippen LogP contribution in [-0.4, -0.2) is 20.0 Å².